The Balaban J connectivity index is 1.77. The average Bonchev–Trinajstić information content (AvgIpc) is 3.04. The third-order valence-electron chi connectivity index (χ3n) is 6.63. The summed E-state index contributed by atoms with van der Waals surface area (Å²) in [6.45, 7) is -0.520. The van der Waals surface area contributed by atoms with Gasteiger partial charge in [-0.3, -0.25) is 9.59 Å². The van der Waals surface area contributed by atoms with Crippen LogP contribution in [-0.4, -0.2) is 64.8 Å². The van der Waals surface area contributed by atoms with Crippen molar-refractivity contribution in [3.05, 3.63) is 113 Å². The number of carbonyl (C=O) groups is 3. The molecule has 0 amide bonds. The minimum atomic E-state index is -1.86. The monoisotopic (exact) mass is 586 g/mol. The Morgan fingerprint density at radius 1 is 0.791 bits per heavy atom. The summed E-state index contributed by atoms with van der Waals surface area (Å²) in [6.07, 6.45) is -1.51. The van der Waals surface area contributed by atoms with Crippen molar-refractivity contribution < 1.29 is 43.5 Å². The third kappa shape index (κ3) is 7.32. The van der Waals surface area contributed by atoms with Crippen LogP contribution in [0.4, 0.5) is 0 Å². The van der Waals surface area contributed by atoms with Crippen molar-refractivity contribution in [3.63, 3.8) is 0 Å². The maximum atomic E-state index is 13.4. The summed E-state index contributed by atoms with van der Waals surface area (Å²) < 4.78 is 22.7. The van der Waals surface area contributed by atoms with Crippen LogP contribution in [0.25, 0.3) is 0 Å². The lowest BCUT2D eigenvalue weighted by atomic mass is 9.81. The molecule has 0 aliphatic heterocycles. The average molecular weight is 587 g/mol. The van der Waals surface area contributed by atoms with E-state index in [0.717, 1.165) is 5.56 Å². The highest BCUT2D eigenvalue weighted by molar-refractivity contribution is 5.97. The number of ketones is 1. The van der Waals surface area contributed by atoms with Gasteiger partial charge in [-0.15, -0.1) is 0 Å². The molecule has 1 atom stereocenters. The molecule has 4 rings (SSSR count). The number of carboxylic acid groups (broad SMARTS) is 2. The number of aromatic nitrogens is 2. The summed E-state index contributed by atoms with van der Waals surface area (Å²) in [5.41, 5.74) is 0.0182. The van der Waals surface area contributed by atoms with Crippen LogP contribution in [0.1, 0.15) is 33.5 Å². The van der Waals surface area contributed by atoms with Gasteiger partial charge in [0, 0.05) is 12.0 Å². The molecule has 0 aliphatic rings. The first kappa shape index (κ1) is 30.7. The van der Waals surface area contributed by atoms with Gasteiger partial charge in [0.1, 0.15) is 6.61 Å². The van der Waals surface area contributed by atoms with Gasteiger partial charge in [-0.05, 0) is 23.1 Å². The van der Waals surface area contributed by atoms with Crippen LogP contribution in [0.3, 0.4) is 0 Å². The van der Waals surface area contributed by atoms with Crippen molar-refractivity contribution in [2.75, 3.05) is 20.8 Å². The van der Waals surface area contributed by atoms with E-state index in [0.29, 0.717) is 23.1 Å². The quantitative estimate of drug-likeness (QED) is 0.193. The molecular formula is C32H30N2O9. The van der Waals surface area contributed by atoms with Crippen LogP contribution < -0.4 is 14.2 Å². The van der Waals surface area contributed by atoms with E-state index in [9.17, 15) is 19.5 Å². The zero-order valence-corrected chi connectivity index (χ0v) is 23.5. The molecule has 0 aliphatic carbocycles. The molecule has 0 fully saturated rings. The van der Waals surface area contributed by atoms with Crippen molar-refractivity contribution in [1.82, 2.24) is 9.97 Å². The Labute approximate surface area is 247 Å². The summed E-state index contributed by atoms with van der Waals surface area (Å²) in [5.74, 6) is -2.59. The molecule has 4 aromatic rings. The molecule has 0 radical (unpaired) electrons. The predicted octanol–water partition coefficient (Wildman–Crippen LogP) is 4.19. The molecule has 1 aromatic heterocycles. The van der Waals surface area contributed by atoms with Gasteiger partial charge in [0.2, 0.25) is 17.9 Å². The number of hydrogen-bond acceptors (Lipinski definition) is 9. The summed E-state index contributed by atoms with van der Waals surface area (Å²) in [4.78, 5) is 45.6. The Bertz CT molecular complexity index is 1480. The van der Waals surface area contributed by atoms with Gasteiger partial charge in [-0.1, -0.05) is 84.9 Å². The first-order chi connectivity index (χ1) is 20.8. The number of nitrogens with zero attached hydrogens (tertiary/aromatic N) is 2. The van der Waals surface area contributed by atoms with E-state index in [1.54, 1.807) is 84.9 Å². The highest BCUT2D eigenvalue weighted by Gasteiger charge is 2.50. The minimum Gasteiger partial charge on any atom is -0.481 e. The molecule has 43 heavy (non-hydrogen) atoms. The third-order valence-corrected chi connectivity index (χ3v) is 6.63. The fourth-order valence-electron chi connectivity index (χ4n) is 4.51. The lowest BCUT2D eigenvalue weighted by Gasteiger charge is -2.38. The maximum absolute atomic E-state index is 13.4. The molecule has 11 nitrogen and oxygen atoms in total. The molecule has 11 heteroatoms. The van der Waals surface area contributed by atoms with E-state index in [1.807, 2.05) is 0 Å². The van der Waals surface area contributed by atoms with Gasteiger partial charge < -0.3 is 29.2 Å². The highest BCUT2D eigenvalue weighted by atomic mass is 16.6. The molecular weight excluding hydrogens is 556 g/mol. The number of aliphatic carboxylic acids is 2. The normalized spacial score (nSPS) is 11.8. The van der Waals surface area contributed by atoms with Gasteiger partial charge in [0.05, 0.1) is 20.3 Å². The van der Waals surface area contributed by atoms with Gasteiger partial charge in [-0.2, -0.15) is 9.97 Å². The molecule has 2 N–H and O–H groups in total. The molecule has 0 saturated heterocycles. The van der Waals surface area contributed by atoms with E-state index >= 15 is 0 Å². The largest absolute Gasteiger partial charge is 0.481 e. The fraction of sp³-hybridized carbons (Fsp3) is 0.219. The number of rotatable bonds is 15. The van der Waals surface area contributed by atoms with Crippen LogP contribution in [0.5, 0.6) is 17.8 Å². The van der Waals surface area contributed by atoms with Crippen LogP contribution in [0.15, 0.2) is 91.0 Å². The number of benzene rings is 3. The topological polar surface area (TPSA) is 154 Å². The Hall–Kier alpha value is -5.29. The SMILES string of the molecule is COc1cc(OC)nc(OC(C(=O)O)C(OCC(=O)c2ccc(CCC(=O)O)cc2)(c2ccccc2)c2ccccc2)n1. The van der Waals surface area contributed by atoms with E-state index in [2.05, 4.69) is 9.97 Å². The maximum Gasteiger partial charge on any atom is 0.348 e. The van der Waals surface area contributed by atoms with Crippen LogP contribution in [-0.2, 0) is 26.3 Å². The van der Waals surface area contributed by atoms with E-state index < -0.39 is 36.0 Å². The summed E-state index contributed by atoms with van der Waals surface area (Å²) in [6, 6.07) is 24.7. The van der Waals surface area contributed by atoms with Crippen molar-refractivity contribution in [2.24, 2.45) is 0 Å². The summed E-state index contributed by atoms with van der Waals surface area (Å²) in [7, 11) is 2.76. The first-order valence-corrected chi connectivity index (χ1v) is 13.2. The first-order valence-electron chi connectivity index (χ1n) is 13.2. The van der Waals surface area contributed by atoms with Gasteiger partial charge in [0.15, 0.2) is 11.4 Å². The lowest BCUT2D eigenvalue weighted by Crippen LogP contribution is -2.52. The summed E-state index contributed by atoms with van der Waals surface area (Å²) >= 11 is 0. The number of Topliss-reactive ketones (excluding diaryl/α,β-unsaturated/α-hetero) is 1. The van der Waals surface area contributed by atoms with E-state index in [4.69, 9.17) is 24.1 Å². The molecule has 1 unspecified atom stereocenters. The zero-order chi connectivity index (χ0) is 30.8. The predicted molar refractivity (Wildman–Crippen MR) is 154 cm³/mol. The molecule has 3 aromatic carbocycles. The lowest BCUT2D eigenvalue weighted by molar-refractivity contribution is -0.162. The molecule has 0 bridgehead atoms. The van der Waals surface area contributed by atoms with Gasteiger partial charge in [0.25, 0.3) is 0 Å². The van der Waals surface area contributed by atoms with E-state index in [-0.39, 0.29) is 24.2 Å². The summed E-state index contributed by atoms with van der Waals surface area (Å²) in [5, 5.41) is 19.5. The van der Waals surface area contributed by atoms with Crippen molar-refractivity contribution in [3.8, 4) is 17.8 Å². The smallest absolute Gasteiger partial charge is 0.348 e. The van der Waals surface area contributed by atoms with Gasteiger partial charge >= 0.3 is 17.9 Å². The van der Waals surface area contributed by atoms with Gasteiger partial charge in [-0.25, -0.2) is 4.79 Å². The Kier molecular flexibility index (Phi) is 10.0. The zero-order valence-electron chi connectivity index (χ0n) is 23.5. The van der Waals surface area contributed by atoms with E-state index in [1.165, 1.54) is 20.3 Å². The van der Waals surface area contributed by atoms with Crippen LogP contribution in [0.2, 0.25) is 0 Å². The molecule has 222 valence electrons. The fourth-order valence-corrected chi connectivity index (χ4v) is 4.51. The molecule has 0 saturated carbocycles. The second kappa shape index (κ2) is 14.1. The molecule has 0 spiro atoms. The number of methoxy groups -OCH3 is 2. The van der Waals surface area contributed by atoms with Crippen molar-refractivity contribution in [2.45, 2.75) is 24.5 Å². The van der Waals surface area contributed by atoms with Crippen LogP contribution in [0, 0.1) is 0 Å². The number of ether oxygens (including phenoxy) is 4. The minimum absolute atomic E-state index is 0.0352. The second-order valence-corrected chi connectivity index (χ2v) is 9.34. The van der Waals surface area contributed by atoms with Crippen molar-refractivity contribution >= 4 is 17.7 Å². The molecule has 1 heterocycles. The Morgan fingerprint density at radius 2 is 1.33 bits per heavy atom. The number of carbonyl (C=O) groups excluding carboxylic acids is 1. The number of hydrogen-bond donors (Lipinski definition) is 2. The number of aryl methyl sites for hydroxylation is 1. The number of carboxylic acids is 2. The highest BCUT2D eigenvalue weighted by Crippen LogP contribution is 2.39. The Morgan fingerprint density at radius 3 is 1.79 bits per heavy atom. The van der Waals surface area contributed by atoms with Crippen LogP contribution >= 0.6 is 0 Å². The van der Waals surface area contributed by atoms with Crippen molar-refractivity contribution in [1.29, 1.82) is 0 Å². The standard InChI is InChI=1S/C32H30N2O9/c1-40-26-19-27(41-2)34-31(33-26)43-29(30(38)39)32(23-9-5-3-6-10-23,24-11-7-4-8-12-24)42-20-25(35)22-16-13-21(14-17-22)15-18-28(36)37/h3-14,16-17,19,29H,15,18,20H2,1-2H3,(H,36,37)(H,38,39). The second-order valence-electron chi connectivity index (χ2n) is 9.34.